The Hall–Kier alpha value is -3.34. The van der Waals surface area contributed by atoms with Crippen molar-refractivity contribution in [1.82, 2.24) is 5.32 Å². The molecule has 0 radical (unpaired) electrons. The number of urea groups is 1. The van der Waals surface area contributed by atoms with E-state index in [-0.39, 0.29) is 18.5 Å². The summed E-state index contributed by atoms with van der Waals surface area (Å²) in [6.45, 7) is 2.29. The van der Waals surface area contributed by atoms with Crippen LogP contribution in [0.3, 0.4) is 0 Å². The van der Waals surface area contributed by atoms with Gasteiger partial charge in [-0.3, -0.25) is 4.79 Å². The van der Waals surface area contributed by atoms with Gasteiger partial charge in [0.2, 0.25) is 0 Å². The second-order valence-corrected chi connectivity index (χ2v) is 6.50. The van der Waals surface area contributed by atoms with Crippen molar-refractivity contribution in [2.45, 2.75) is 13.3 Å². The molecule has 0 aliphatic carbocycles. The van der Waals surface area contributed by atoms with Crippen LogP contribution >= 0.6 is 0 Å². The molecule has 3 rings (SSSR count). The van der Waals surface area contributed by atoms with Crippen LogP contribution < -0.4 is 10.6 Å². The summed E-state index contributed by atoms with van der Waals surface area (Å²) in [7, 11) is 0. The Morgan fingerprint density at radius 2 is 1.64 bits per heavy atom. The summed E-state index contributed by atoms with van der Waals surface area (Å²) in [6.07, 6.45) is 0.508. The van der Waals surface area contributed by atoms with Gasteiger partial charge >= 0.3 is 12.0 Å². The molecule has 0 saturated carbocycles. The number of benzene rings is 3. The highest BCUT2D eigenvalue weighted by atomic mass is 16.5. The minimum atomic E-state index is -0.444. The normalized spacial score (nSPS) is 11.6. The smallest absolute Gasteiger partial charge is 0.319 e. The SMILES string of the molecule is CCOC(=O)C(CNC(=O)Nc1cccc2ccccc12)Cc1ccccc1. The van der Waals surface area contributed by atoms with Gasteiger partial charge < -0.3 is 15.4 Å². The van der Waals surface area contributed by atoms with E-state index in [9.17, 15) is 9.59 Å². The molecule has 0 aromatic heterocycles. The summed E-state index contributed by atoms with van der Waals surface area (Å²) in [5.41, 5.74) is 1.75. The first-order valence-electron chi connectivity index (χ1n) is 9.40. The Balaban J connectivity index is 1.64. The molecule has 1 unspecified atom stereocenters. The molecule has 0 bridgehead atoms. The molecule has 0 saturated heterocycles. The van der Waals surface area contributed by atoms with Crippen molar-refractivity contribution in [3.8, 4) is 0 Å². The van der Waals surface area contributed by atoms with E-state index >= 15 is 0 Å². The molecule has 28 heavy (non-hydrogen) atoms. The summed E-state index contributed by atoms with van der Waals surface area (Å²) >= 11 is 0. The van der Waals surface area contributed by atoms with Gasteiger partial charge in [0.05, 0.1) is 18.2 Å². The predicted octanol–water partition coefficient (Wildman–Crippen LogP) is 4.38. The monoisotopic (exact) mass is 376 g/mol. The Morgan fingerprint density at radius 3 is 2.43 bits per heavy atom. The second-order valence-electron chi connectivity index (χ2n) is 6.50. The van der Waals surface area contributed by atoms with Crippen LogP contribution in [-0.2, 0) is 16.0 Å². The van der Waals surface area contributed by atoms with Gasteiger partial charge in [-0.15, -0.1) is 0 Å². The summed E-state index contributed by atoms with van der Waals surface area (Å²) < 4.78 is 5.17. The lowest BCUT2D eigenvalue weighted by Gasteiger charge is -2.17. The molecule has 0 heterocycles. The number of carbonyl (C=O) groups is 2. The van der Waals surface area contributed by atoms with Crippen LogP contribution in [0.15, 0.2) is 72.8 Å². The molecule has 144 valence electrons. The van der Waals surface area contributed by atoms with Crippen molar-refractivity contribution in [1.29, 1.82) is 0 Å². The first-order chi connectivity index (χ1) is 13.7. The standard InChI is InChI=1S/C23H24N2O3/c1-2-28-22(26)19(15-17-9-4-3-5-10-17)16-24-23(27)25-21-14-8-12-18-11-6-7-13-20(18)21/h3-14,19H,2,15-16H2,1H3,(H2,24,25,27). The van der Waals surface area contributed by atoms with E-state index in [1.54, 1.807) is 6.92 Å². The first-order valence-corrected chi connectivity index (χ1v) is 9.40. The zero-order valence-electron chi connectivity index (χ0n) is 15.9. The van der Waals surface area contributed by atoms with E-state index in [0.29, 0.717) is 13.0 Å². The van der Waals surface area contributed by atoms with Crippen molar-refractivity contribution >= 4 is 28.5 Å². The topological polar surface area (TPSA) is 67.4 Å². The van der Waals surface area contributed by atoms with E-state index in [0.717, 1.165) is 22.0 Å². The van der Waals surface area contributed by atoms with E-state index in [1.165, 1.54) is 0 Å². The van der Waals surface area contributed by atoms with Crippen LogP contribution in [0.4, 0.5) is 10.5 Å². The summed E-state index contributed by atoms with van der Waals surface area (Å²) in [4.78, 5) is 24.7. The van der Waals surface area contributed by atoms with Gasteiger partial charge in [-0.2, -0.15) is 0 Å². The van der Waals surface area contributed by atoms with Crippen molar-refractivity contribution in [3.63, 3.8) is 0 Å². The maximum atomic E-state index is 12.4. The van der Waals surface area contributed by atoms with Gasteiger partial charge in [0.25, 0.3) is 0 Å². The molecule has 0 aliphatic heterocycles. The Labute approximate surface area is 164 Å². The van der Waals surface area contributed by atoms with Gasteiger partial charge in [-0.05, 0) is 30.4 Å². The lowest BCUT2D eigenvalue weighted by atomic mass is 9.99. The number of carbonyl (C=O) groups excluding carboxylic acids is 2. The van der Waals surface area contributed by atoms with Crippen LogP contribution in [0.1, 0.15) is 12.5 Å². The summed E-state index contributed by atoms with van der Waals surface area (Å²) in [5, 5.41) is 7.69. The lowest BCUT2D eigenvalue weighted by Crippen LogP contribution is -2.37. The van der Waals surface area contributed by atoms with Crippen LogP contribution in [0.5, 0.6) is 0 Å². The van der Waals surface area contributed by atoms with E-state index < -0.39 is 5.92 Å². The van der Waals surface area contributed by atoms with Crippen molar-refractivity contribution < 1.29 is 14.3 Å². The van der Waals surface area contributed by atoms with Crippen LogP contribution in [0.2, 0.25) is 0 Å². The third-order valence-corrected chi connectivity index (χ3v) is 4.49. The molecule has 2 amide bonds. The molecule has 0 spiro atoms. The van der Waals surface area contributed by atoms with Gasteiger partial charge in [-0.1, -0.05) is 66.7 Å². The quantitative estimate of drug-likeness (QED) is 0.601. The number of anilines is 1. The summed E-state index contributed by atoms with van der Waals surface area (Å²) in [5.74, 6) is -0.752. The number of amides is 2. The average molecular weight is 376 g/mol. The van der Waals surface area contributed by atoms with Gasteiger partial charge in [0.15, 0.2) is 0 Å². The number of rotatable bonds is 7. The lowest BCUT2D eigenvalue weighted by molar-refractivity contribution is -0.147. The molecule has 3 aromatic carbocycles. The van der Waals surface area contributed by atoms with Crippen LogP contribution in [0, 0.1) is 5.92 Å². The number of ether oxygens (including phenoxy) is 1. The van der Waals surface area contributed by atoms with Gasteiger partial charge in [0.1, 0.15) is 0 Å². The van der Waals surface area contributed by atoms with Crippen molar-refractivity contribution in [2.24, 2.45) is 5.92 Å². The third-order valence-electron chi connectivity index (χ3n) is 4.49. The van der Waals surface area contributed by atoms with Crippen LogP contribution in [0.25, 0.3) is 10.8 Å². The number of hydrogen-bond acceptors (Lipinski definition) is 3. The number of hydrogen-bond donors (Lipinski definition) is 2. The maximum absolute atomic E-state index is 12.4. The zero-order chi connectivity index (χ0) is 19.8. The molecular weight excluding hydrogens is 352 g/mol. The van der Waals surface area contributed by atoms with E-state index in [1.807, 2.05) is 72.8 Å². The first kappa shape index (κ1) is 19.4. The fourth-order valence-electron chi connectivity index (χ4n) is 3.11. The molecule has 0 aliphatic rings. The highest BCUT2D eigenvalue weighted by Crippen LogP contribution is 2.22. The molecular formula is C23H24N2O3. The number of nitrogens with one attached hydrogen (secondary N) is 2. The number of fused-ring (bicyclic) bond motifs is 1. The minimum Gasteiger partial charge on any atom is -0.466 e. The predicted molar refractivity (Wildman–Crippen MR) is 111 cm³/mol. The molecule has 5 nitrogen and oxygen atoms in total. The molecule has 0 fully saturated rings. The van der Waals surface area contributed by atoms with Crippen LogP contribution in [-0.4, -0.2) is 25.2 Å². The molecule has 5 heteroatoms. The van der Waals surface area contributed by atoms with Crippen molar-refractivity contribution in [3.05, 3.63) is 78.4 Å². The Kier molecular flexibility index (Phi) is 6.63. The molecule has 3 aromatic rings. The highest BCUT2D eigenvalue weighted by Gasteiger charge is 2.21. The van der Waals surface area contributed by atoms with Gasteiger partial charge in [0, 0.05) is 11.9 Å². The zero-order valence-corrected chi connectivity index (χ0v) is 15.9. The maximum Gasteiger partial charge on any atom is 0.319 e. The number of esters is 1. The Bertz CT molecular complexity index is 935. The largest absolute Gasteiger partial charge is 0.466 e. The third kappa shape index (κ3) is 5.10. The average Bonchev–Trinajstić information content (AvgIpc) is 2.72. The van der Waals surface area contributed by atoms with E-state index in [4.69, 9.17) is 4.74 Å². The van der Waals surface area contributed by atoms with Crippen molar-refractivity contribution in [2.75, 3.05) is 18.5 Å². The minimum absolute atomic E-state index is 0.199. The molecule has 1 atom stereocenters. The fourth-order valence-corrected chi connectivity index (χ4v) is 3.11. The highest BCUT2D eigenvalue weighted by molar-refractivity contribution is 6.01. The fraction of sp³-hybridized carbons (Fsp3) is 0.217. The Morgan fingerprint density at radius 1 is 0.929 bits per heavy atom. The second kappa shape index (κ2) is 9.55. The van der Waals surface area contributed by atoms with E-state index in [2.05, 4.69) is 10.6 Å². The summed E-state index contributed by atoms with van der Waals surface area (Å²) in [6, 6.07) is 23.0. The molecule has 2 N–H and O–H groups in total. The van der Waals surface area contributed by atoms with Gasteiger partial charge in [-0.25, -0.2) is 4.79 Å².